The first kappa shape index (κ1) is 14.5. The summed E-state index contributed by atoms with van der Waals surface area (Å²) in [6, 6.07) is 12.6. The Bertz CT molecular complexity index is 702. The van der Waals surface area contributed by atoms with Gasteiger partial charge in [0.1, 0.15) is 10.7 Å². The second-order valence-corrected chi connectivity index (χ2v) is 6.45. The van der Waals surface area contributed by atoms with E-state index in [1.54, 1.807) is 0 Å². The van der Waals surface area contributed by atoms with Gasteiger partial charge in [-0.3, -0.25) is 0 Å². The fourth-order valence-electron chi connectivity index (χ4n) is 1.81. The molecule has 6 heteroatoms. The largest absolute Gasteiger partial charge is 0.399 e. The van der Waals surface area contributed by atoms with Crippen LogP contribution in [0.2, 0.25) is 0 Å². The molecule has 2 rings (SSSR count). The molecule has 0 radical (unpaired) electrons. The van der Waals surface area contributed by atoms with Gasteiger partial charge in [0.2, 0.25) is 10.0 Å². The summed E-state index contributed by atoms with van der Waals surface area (Å²) in [4.78, 5) is -0.407. The highest BCUT2D eigenvalue weighted by Gasteiger charge is 2.24. The number of anilines is 1. The lowest BCUT2D eigenvalue weighted by Crippen LogP contribution is -2.27. The van der Waals surface area contributed by atoms with Gasteiger partial charge in [-0.15, -0.1) is 0 Å². The molecule has 0 aromatic heterocycles. The van der Waals surface area contributed by atoms with Gasteiger partial charge in [-0.1, -0.05) is 30.3 Å². The first-order valence-electron chi connectivity index (χ1n) is 5.96. The first-order valence-corrected chi connectivity index (χ1v) is 7.40. The number of hydrogen-bond acceptors (Lipinski definition) is 3. The van der Waals surface area contributed by atoms with E-state index in [4.69, 9.17) is 5.73 Å². The van der Waals surface area contributed by atoms with E-state index >= 15 is 0 Å². The third-order valence-corrected chi connectivity index (χ3v) is 4.71. The van der Waals surface area contributed by atoms with Crippen molar-refractivity contribution in [3.8, 4) is 0 Å². The van der Waals surface area contributed by atoms with Gasteiger partial charge >= 0.3 is 0 Å². The molecular weight excluding hydrogens is 279 g/mol. The Balaban J connectivity index is 2.32. The van der Waals surface area contributed by atoms with Gasteiger partial charge in [0.05, 0.1) is 0 Å². The normalized spacial score (nSPS) is 11.8. The average molecular weight is 294 g/mol. The molecule has 2 aromatic carbocycles. The number of benzene rings is 2. The Kier molecular flexibility index (Phi) is 4.06. The lowest BCUT2D eigenvalue weighted by Gasteiger charge is -2.18. The topological polar surface area (TPSA) is 63.4 Å². The zero-order valence-electron chi connectivity index (χ0n) is 11.0. The van der Waals surface area contributed by atoms with Crippen LogP contribution in [0.1, 0.15) is 5.56 Å². The van der Waals surface area contributed by atoms with Gasteiger partial charge in [-0.05, 0) is 23.8 Å². The van der Waals surface area contributed by atoms with Crippen molar-refractivity contribution >= 4 is 15.7 Å². The molecule has 4 nitrogen and oxygen atoms in total. The molecule has 0 unspecified atom stereocenters. The van der Waals surface area contributed by atoms with Crippen molar-refractivity contribution in [2.45, 2.75) is 11.4 Å². The van der Waals surface area contributed by atoms with E-state index < -0.39 is 20.7 Å². The Labute approximate surface area is 117 Å². The third kappa shape index (κ3) is 2.97. The molecule has 0 saturated carbocycles. The van der Waals surface area contributed by atoms with E-state index in [0.29, 0.717) is 0 Å². The monoisotopic (exact) mass is 294 g/mol. The predicted molar refractivity (Wildman–Crippen MR) is 75.9 cm³/mol. The number of rotatable bonds is 4. The fourth-order valence-corrected chi connectivity index (χ4v) is 3.07. The molecule has 0 spiro atoms. The molecule has 0 atom stereocenters. The summed E-state index contributed by atoms with van der Waals surface area (Å²) >= 11 is 0. The van der Waals surface area contributed by atoms with Gasteiger partial charge in [0.15, 0.2) is 0 Å². The zero-order valence-corrected chi connectivity index (χ0v) is 11.8. The summed E-state index contributed by atoms with van der Waals surface area (Å²) < 4.78 is 39.5. The Morgan fingerprint density at radius 2 is 1.80 bits per heavy atom. The molecule has 0 fully saturated rings. The lowest BCUT2D eigenvalue weighted by molar-refractivity contribution is 0.460. The SMILES string of the molecule is CN(Cc1ccccc1)S(=O)(=O)c1cc(N)ccc1F. The van der Waals surface area contributed by atoms with Crippen LogP contribution in [-0.4, -0.2) is 19.8 Å². The number of halogens is 1. The molecule has 0 heterocycles. The van der Waals surface area contributed by atoms with Crippen LogP contribution in [0.5, 0.6) is 0 Å². The van der Waals surface area contributed by atoms with Crippen molar-refractivity contribution in [2.75, 3.05) is 12.8 Å². The summed E-state index contributed by atoms with van der Waals surface area (Å²) in [5.74, 6) is -0.806. The highest BCUT2D eigenvalue weighted by molar-refractivity contribution is 7.89. The highest BCUT2D eigenvalue weighted by Crippen LogP contribution is 2.22. The molecule has 0 amide bonds. The summed E-state index contributed by atoms with van der Waals surface area (Å²) in [6.07, 6.45) is 0. The maximum absolute atomic E-state index is 13.7. The van der Waals surface area contributed by atoms with Crippen molar-refractivity contribution in [2.24, 2.45) is 0 Å². The minimum Gasteiger partial charge on any atom is -0.399 e. The fraction of sp³-hybridized carbons (Fsp3) is 0.143. The van der Waals surface area contributed by atoms with Crippen molar-refractivity contribution in [3.63, 3.8) is 0 Å². The molecule has 0 saturated heterocycles. The number of nitrogens with two attached hydrogens (primary N) is 1. The average Bonchev–Trinajstić information content (AvgIpc) is 2.42. The van der Waals surface area contributed by atoms with Gasteiger partial charge in [-0.25, -0.2) is 12.8 Å². The van der Waals surface area contributed by atoms with Gasteiger partial charge in [0, 0.05) is 19.3 Å². The summed E-state index contributed by atoms with van der Waals surface area (Å²) in [5, 5.41) is 0. The number of sulfonamides is 1. The molecule has 106 valence electrons. The summed E-state index contributed by atoms with van der Waals surface area (Å²) in [7, 11) is -2.50. The molecule has 2 aromatic rings. The van der Waals surface area contributed by atoms with Crippen LogP contribution in [0.4, 0.5) is 10.1 Å². The summed E-state index contributed by atoms with van der Waals surface area (Å²) in [6.45, 7) is 0.164. The Hall–Kier alpha value is -1.92. The lowest BCUT2D eigenvalue weighted by atomic mass is 10.2. The minimum atomic E-state index is -3.91. The summed E-state index contributed by atoms with van der Waals surface area (Å²) in [5.41, 5.74) is 6.56. The van der Waals surface area contributed by atoms with Crippen LogP contribution in [-0.2, 0) is 16.6 Å². The molecule has 0 aliphatic rings. The van der Waals surface area contributed by atoms with Crippen molar-refractivity contribution in [3.05, 3.63) is 59.9 Å². The van der Waals surface area contributed by atoms with E-state index in [2.05, 4.69) is 0 Å². The molecule has 0 aliphatic heterocycles. The van der Waals surface area contributed by atoms with E-state index in [-0.39, 0.29) is 12.2 Å². The van der Waals surface area contributed by atoms with Crippen LogP contribution < -0.4 is 5.73 Å². The molecule has 2 N–H and O–H groups in total. The predicted octanol–water partition coefficient (Wildman–Crippen LogP) is 2.23. The Morgan fingerprint density at radius 1 is 1.15 bits per heavy atom. The van der Waals surface area contributed by atoms with E-state index in [0.717, 1.165) is 22.0 Å². The molecule has 20 heavy (non-hydrogen) atoms. The van der Waals surface area contributed by atoms with E-state index in [1.807, 2.05) is 30.3 Å². The van der Waals surface area contributed by atoms with Crippen LogP contribution in [0.25, 0.3) is 0 Å². The molecular formula is C14H15FN2O2S. The highest BCUT2D eigenvalue weighted by atomic mass is 32.2. The van der Waals surface area contributed by atoms with Crippen LogP contribution in [0, 0.1) is 5.82 Å². The van der Waals surface area contributed by atoms with E-state index in [1.165, 1.54) is 13.1 Å². The first-order chi connectivity index (χ1) is 9.41. The third-order valence-electron chi connectivity index (χ3n) is 2.89. The van der Waals surface area contributed by atoms with Crippen molar-refractivity contribution in [1.29, 1.82) is 0 Å². The quantitative estimate of drug-likeness (QED) is 0.880. The minimum absolute atomic E-state index is 0.164. The smallest absolute Gasteiger partial charge is 0.246 e. The maximum Gasteiger partial charge on any atom is 0.246 e. The van der Waals surface area contributed by atoms with Crippen LogP contribution in [0.15, 0.2) is 53.4 Å². The zero-order chi connectivity index (χ0) is 14.8. The van der Waals surface area contributed by atoms with E-state index in [9.17, 15) is 12.8 Å². The van der Waals surface area contributed by atoms with Crippen LogP contribution >= 0.6 is 0 Å². The van der Waals surface area contributed by atoms with Crippen LogP contribution in [0.3, 0.4) is 0 Å². The molecule has 0 bridgehead atoms. The van der Waals surface area contributed by atoms with Crippen molar-refractivity contribution < 1.29 is 12.8 Å². The molecule has 0 aliphatic carbocycles. The number of nitrogens with zero attached hydrogens (tertiary/aromatic N) is 1. The standard InChI is InChI=1S/C14H15FN2O2S/c1-17(10-11-5-3-2-4-6-11)20(18,19)14-9-12(16)7-8-13(14)15/h2-9H,10,16H2,1H3. The number of nitrogen functional groups attached to an aromatic ring is 1. The van der Waals surface area contributed by atoms with Crippen molar-refractivity contribution in [1.82, 2.24) is 4.31 Å². The maximum atomic E-state index is 13.7. The van der Waals surface area contributed by atoms with Gasteiger partial charge in [0.25, 0.3) is 0 Å². The van der Waals surface area contributed by atoms with Gasteiger partial charge in [-0.2, -0.15) is 4.31 Å². The number of hydrogen-bond donors (Lipinski definition) is 1. The second-order valence-electron chi connectivity index (χ2n) is 4.44. The second kappa shape index (κ2) is 5.60. The Morgan fingerprint density at radius 3 is 2.45 bits per heavy atom. The van der Waals surface area contributed by atoms with Gasteiger partial charge < -0.3 is 5.73 Å².